The van der Waals surface area contributed by atoms with Gasteiger partial charge in [-0.05, 0) is 6.07 Å². The summed E-state index contributed by atoms with van der Waals surface area (Å²) in [6.07, 6.45) is -2.73. The minimum absolute atomic E-state index is 0.118. The van der Waals surface area contributed by atoms with Crippen molar-refractivity contribution in [3.05, 3.63) is 28.3 Å². The molecule has 0 aromatic heterocycles. The molecule has 0 aliphatic heterocycles. The van der Waals surface area contributed by atoms with Crippen molar-refractivity contribution in [2.75, 3.05) is 12.0 Å². The van der Waals surface area contributed by atoms with Crippen molar-refractivity contribution in [1.29, 1.82) is 10.5 Å². The van der Waals surface area contributed by atoms with Gasteiger partial charge in [0.05, 0.1) is 4.92 Å². The molecule has 0 atom stereocenters. The van der Waals surface area contributed by atoms with Gasteiger partial charge >= 0.3 is 0 Å². The molecule has 0 saturated heterocycles. The van der Waals surface area contributed by atoms with Crippen LogP contribution in [0.25, 0.3) is 0 Å². The minimum Gasteiger partial charge on any atom is -0.485 e. The van der Waals surface area contributed by atoms with Crippen LogP contribution in [0.1, 0.15) is 0 Å². The van der Waals surface area contributed by atoms with E-state index in [1.54, 1.807) is 0 Å². The molecular formula is C11H7F2N5O3. The fourth-order valence-electron chi connectivity index (χ4n) is 1.19. The summed E-state index contributed by atoms with van der Waals surface area (Å²) in [7, 11) is 0. The van der Waals surface area contributed by atoms with E-state index in [0.717, 1.165) is 18.2 Å². The molecule has 21 heavy (non-hydrogen) atoms. The van der Waals surface area contributed by atoms with Crippen molar-refractivity contribution >= 4 is 17.1 Å². The highest BCUT2D eigenvalue weighted by atomic mass is 19.3. The number of hydrogen-bond acceptors (Lipinski definition) is 7. The van der Waals surface area contributed by atoms with Crippen LogP contribution >= 0.6 is 0 Å². The molecule has 108 valence electrons. The fourth-order valence-corrected chi connectivity index (χ4v) is 1.19. The van der Waals surface area contributed by atoms with Gasteiger partial charge in [-0.2, -0.15) is 15.6 Å². The second-order valence-corrected chi connectivity index (χ2v) is 3.44. The lowest BCUT2D eigenvalue weighted by Gasteiger charge is -2.10. The molecule has 0 radical (unpaired) electrons. The third kappa shape index (κ3) is 4.72. The number of ether oxygens (including phenoxy) is 1. The number of hydrazone groups is 1. The van der Waals surface area contributed by atoms with Gasteiger partial charge < -0.3 is 4.74 Å². The second kappa shape index (κ2) is 7.35. The molecule has 0 amide bonds. The quantitative estimate of drug-likeness (QED) is 0.486. The Balaban J connectivity index is 3.08. The molecule has 0 bridgehead atoms. The van der Waals surface area contributed by atoms with E-state index >= 15 is 0 Å². The van der Waals surface area contributed by atoms with Crippen LogP contribution in [-0.2, 0) is 0 Å². The molecule has 1 rings (SSSR count). The topological polar surface area (TPSA) is 124 Å². The van der Waals surface area contributed by atoms with E-state index in [2.05, 4.69) is 10.5 Å². The summed E-state index contributed by atoms with van der Waals surface area (Å²) in [5.41, 5.74) is 1.20. The van der Waals surface area contributed by atoms with Crippen LogP contribution in [0.4, 0.5) is 20.2 Å². The predicted molar refractivity (Wildman–Crippen MR) is 66.9 cm³/mol. The molecule has 0 saturated carbocycles. The standard InChI is InChI=1S/C11H7F2N5O3/c12-11(13)6-21-10-2-1-8(18(19)20)3-9(10)17-16-7(4-14)5-15/h1-3,11,17H,6H2. The minimum atomic E-state index is -2.73. The number of non-ortho nitro benzene ring substituents is 1. The lowest BCUT2D eigenvalue weighted by Crippen LogP contribution is -2.08. The number of hydrogen-bond donors (Lipinski definition) is 1. The first-order valence-corrected chi connectivity index (χ1v) is 5.31. The van der Waals surface area contributed by atoms with Crippen LogP contribution in [-0.4, -0.2) is 23.7 Å². The highest BCUT2D eigenvalue weighted by Gasteiger charge is 2.13. The monoisotopic (exact) mass is 295 g/mol. The molecule has 0 unspecified atom stereocenters. The number of alkyl halides is 2. The number of halogens is 2. The maximum atomic E-state index is 12.1. The number of nitro benzene ring substituents is 1. The summed E-state index contributed by atoms with van der Waals surface area (Å²) >= 11 is 0. The Kier molecular flexibility index (Phi) is 5.53. The largest absolute Gasteiger partial charge is 0.485 e. The summed E-state index contributed by atoms with van der Waals surface area (Å²) in [6.45, 7) is -0.917. The molecule has 1 aromatic rings. The van der Waals surface area contributed by atoms with Gasteiger partial charge in [0.1, 0.15) is 30.2 Å². The third-order valence-electron chi connectivity index (χ3n) is 2.04. The average molecular weight is 295 g/mol. The Morgan fingerprint density at radius 2 is 2.14 bits per heavy atom. The van der Waals surface area contributed by atoms with E-state index in [0.29, 0.717) is 0 Å². The zero-order valence-corrected chi connectivity index (χ0v) is 10.3. The molecule has 0 spiro atoms. The van der Waals surface area contributed by atoms with Crippen molar-refractivity contribution in [2.24, 2.45) is 5.10 Å². The van der Waals surface area contributed by atoms with E-state index in [4.69, 9.17) is 15.3 Å². The van der Waals surface area contributed by atoms with E-state index < -0.39 is 23.7 Å². The fraction of sp³-hybridized carbons (Fsp3) is 0.182. The number of nitro groups is 1. The van der Waals surface area contributed by atoms with Crippen LogP contribution in [0.5, 0.6) is 5.75 Å². The molecule has 0 aliphatic carbocycles. The number of rotatable bonds is 6. The van der Waals surface area contributed by atoms with Crippen molar-refractivity contribution < 1.29 is 18.4 Å². The maximum Gasteiger partial charge on any atom is 0.272 e. The Labute approximate surface area is 117 Å². The Hall–Kier alpha value is -3.27. The van der Waals surface area contributed by atoms with Gasteiger partial charge in [0.2, 0.25) is 5.71 Å². The van der Waals surface area contributed by atoms with Gasteiger partial charge in [0.15, 0.2) is 0 Å². The Morgan fingerprint density at radius 3 is 2.67 bits per heavy atom. The van der Waals surface area contributed by atoms with Gasteiger partial charge in [-0.15, -0.1) is 0 Å². The molecule has 0 fully saturated rings. The molecule has 1 aromatic carbocycles. The number of nitrogens with one attached hydrogen (secondary N) is 1. The van der Waals surface area contributed by atoms with Crippen LogP contribution in [0.15, 0.2) is 23.3 Å². The van der Waals surface area contributed by atoms with Crippen molar-refractivity contribution in [3.8, 4) is 17.9 Å². The predicted octanol–water partition coefficient (Wildman–Crippen LogP) is 2.05. The molecular weight excluding hydrogens is 288 g/mol. The lowest BCUT2D eigenvalue weighted by molar-refractivity contribution is -0.384. The molecule has 0 aliphatic rings. The second-order valence-electron chi connectivity index (χ2n) is 3.44. The first-order chi connectivity index (χ1) is 9.97. The zero-order chi connectivity index (χ0) is 15.8. The Morgan fingerprint density at radius 1 is 1.48 bits per heavy atom. The van der Waals surface area contributed by atoms with Crippen molar-refractivity contribution in [2.45, 2.75) is 6.43 Å². The molecule has 8 nitrogen and oxygen atoms in total. The summed E-state index contributed by atoms with van der Waals surface area (Å²) in [5, 5.41) is 31.1. The van der Waals surface area contributed by atoms with Gasteiger partial charge in [0.25, 0.3) is 12.1 Å². The van der Waals surface area contributed by atoms with E-state index in [1.165, 1.54) is 12.1 Å². The van der Waals surface area contributed by atoms with E-state index in [-0.39, 0.29) is 17.1 Å². The number of nitrogens with zero attached hydrogens (tertiary/aromatic N) is 4. The van der Waals surface area contributed by atoms with E-state index in [9.17, 15) is 18.9 Å². The number of nitriles is 2. The van der Waals surface area contributed by atoms with Gasteiger partial charge in [-0.25, -0.2) is 8.78 Å². The van der Waals surface area contributed by atoms with Gasteiger partial charge in [-0.1, -0.05) is 0 Å². The maximum absolute atomic E-state index is 12.1. The lowest BCUT2D eigenvalue weighted by atomic mass is 10.2. The average Bonchev–Trinajstić information content (AvgIpc) is 2.46. The summed E-state index contributed by atoms with van der Waals surface area (Å²) in [5.74, 6) is -0.125. The highest BCUT2D eigenvalue weighted by molar-refractivity contribution is 6.10. The SMILES string of the molecule is N#CC(C#N)=NNc1cc([N+](=O)[O-])ccc1OCC(F)F. The number of anilines is 1. The Bertz CT molecular complexity index is 632. The molecule has 10 heteroatoms. The highest BCUT2D eigenvalue weighted by Crippen LogP contribution is 2.29. The normalized spacial score (nSPS) is 9.38. The van der Waals surface area contributed by atoms with E-state index in [1.807, 2.05) is 0 Å². The van der Waals surface area contributed by atoms with Crippen LogP contribution in [0.3, 0.4) is 0 Å². The van der Waals surface area contributed by atoms with Crippen LogP contribution in [0.2, 0.25) is 0 Å². The van der Waals surface area contributed by atoms with Crippen molar-refractivity contribution in [1.82, 2.24) is 0 Å². The smallest absolute Gasteiger partial charge is 0.272 e. The van der Waals surface area contributed by atoms with Gasteiger partial charge in [-0.3, -0.25) is 15.5 Å². The van der Waals surface area contributed by atoms with Crippen LogP contribution < -0.4 is 10.2 Å². The third-order valence-corrected chi connectivity index (χ3v) is 2.04. The first kappa shape index (κ1) is 15.8. The van der Waals surface area contributed by atoms with Crippen molar-refractivity contribution in [3.63, 3.8) is 0 Å². The summed E-state index contributed by atoms with van der Waals surface area (Å²) < 4.78 is 29.0. The first-order valence-electron chi connectivity index (χ1n) is 5.31. The summed E-state index contributed by atoms with van der Waals surface area (Å²) in [6, 6.07) is 6.07. The van der Waals surface area contributed by atoms with Crippen LogP contribution in [0, 0.1) is 32.8 Å². The number of benzene rings is 1. The molecule has 1 N–H and O–H groups in total. The zero-order valence-electron chi connectivity index (χ0n) is 10.3. The van der Waals surface area contributed by atoms with Gasteiger partial charge in [0, 0.05) is 12.1 Å². The summed E-state index contributed by atoms with van der Waals surface area (Å²) in [4.78, 5) is 9.95. The molecule has 0 heterocycles.